The van der Waals surface area contributed by atoms with Crippen molar-refractivity contribution in [3.05, 3.63) is 53.9 Å². The lowest BCUT2D eigenvalue weighted by Crippen LogP contribution is -2.37. The number of hydrogen-bond donors (Lipinski definition) is 0. The molecule has 4 rings (SSSR count). The minimum Gasteiger partial charge on any atom is -0.385 e. The summed E-state index contributed by atoms with van der Waals surface area (Å²) in [5.74, 6) is 6.65. The number of benzene rings is 1. The largest absolute Gasteiger partial charge is 0.385 e. The monoisotopic (exact) mass is 376 g/mol. The molecule has 2 atom stereocenters. The second-order valence-corrected chi connectivity index (χ2v) is 7.15. The molecule has 2 amide bonds. The van der Waals surface area contributed by atoms with Gasteiger partial charge in [0.2, 0.25) is 5.95 Å². The van der Waals surface area contributed by atoms with E-state index in [1.807, 2.05) is 35.2 Å². The number of carbonyl (C=O) groups excluding carboxylic acids is 1. The molecular formula is C22H24N4O2. The van der Waals surface area contributed by atoms with Crippen LogP contribution < -0.4 is 4.90 Å². The molecule has 2 heterocycles. The van der Waals surface area contributed by atoms with Gasteiger partial charge in [0, 0.05) is 38.2 Å². The van der Waals surface area contributed by atoms with Gasteiger partial charge in [0.05, 0.1) is 17.6 Å². The van der Waals surface area contributed by atoms with Gasteiger partial charge in [-0.05, 0) is 37.8 Å². The van der Waals surface area contributed by atoms with Crippen molar-refractivity contribution in [2.75, 3.05) is 25.2 Å². The molecule has 6 heteroatoms. The average Bonchev–Trinajstić information content (AvgIpc) is 3.29. The van der Waals surface area contributed by atoms with Crippen LogP contribution in [0.2, 0.25) is 0 Å². The quantitative estimate of drug-likeness (QED) is 0.594. The Hall–Kier alpha value is -2.91. The topological polar surface area (TPSA) is 58.6 Å². The van der Waals surface area contributed by atoms with Crippen molar-refractivity contribution in [1.29, 1.82) is 0 Å². The molecule has 144 valence electrons. The zero-order valence-electron chi connectivity index (χ0n) is 16.0. The summed E-state index contributed by atoms with van der Waals surface area (Å²) in [7, 11) is 1.69. The number of amides is 2. The van der Waals surface area contributed by atoms with E-state index in [1.165, 1.54) is 0 Å². The first-order valence-corrected chi connectivity index (χ1v) is 9.76. The van der Waals surface area contributed by atoms with E-state index in [1.54, 1.807) is 24.4 Å². The lowest BCUT2D eigenvalue weighted by molar-refractivity contribution is 0.167. The Morgan fingerprint density at radius 1 is 1.07 bits per heavy atom. The van der Waals surface area contributed by atoms with Gasteiger partial charge in [0.25, 0.3) is 0 Å². The second-order valence-electron chi connectivity index (χ2n) is 7.15. The highest BCUT2D eigenvalue weighted by molar-refractivity contribution is 5.94. The van der Waals surface area contributed by atoms with E-state index < -0.39 is 0 Å². The molecule has 1 aliphatic carbocycles. The molecule has 2 fully saturated rings. The third kappa shape index (κ3) is 3.71. The van der Waals surface area contributed by atoms with Crippen molar-refractivity contribution in [1.82, 2.24) is 14.9 Å². The van der Waals surface area contributed by atoms with Gasteiger partial charge in [-0.2, -0.15) is 0 Å². The van der Waals surface area contributed by atoms with Crippen LogP contribution in [0.1, 0.15) is 36.8 Å². The first-order chi connectivity index (χ1) is 13.8. The van der Waals surface area contributed by atoms with Gasteiger partial charge in [-0.1, -0.05) is 30.0 Å². The van der Waals surface area contributed by atoms with Crippen LogP contribution in [0.25, 0.3) is 0 Å². The van der Waals surface area contributed by atoms with E-state index >= 15 is 0 Å². The molecule has 28 heavy (non-hydrogen) atoms. The van der Waals surface area contributed by atoms with Gasteiger partial charge in [0.1, 0.15) is 0 Å². The number of aromatic nitrogens is 2. The number of hydrogen-bond acceptors (Lipinski definition) is 4. The van der Waals surface area contributed by atoms with Crippen LogP contribution in [0, 0.1) is 11.8 Å². The standard InChI is InChI=1S/C22H24N4O2/c1-28-14-6-13-25-19-9-5-10-20(19)26(22(25)27)21-23-15-18(16-24-21)12-11-17-7-3-2-4-8-17/h2-4,7-8,15-16,19-20H,5-6,9-10,13-14H2,1H3/t19-,20+/m0/s1. The summed E-state index contributed by atoms with van der Waals surface area (Å²) in [5, 5.41) is 0. The minimum atomic E-state index is 0.00826. The first-order valence-electron chi connectivity index (χ1n) is 9.76. The third-order valence-corrected chi connectivity index (χ3v) is 5.35. The Morgan fingerprint density at radius 3 is 2.54 bits per heavy atom. The molecule has 0 N–H and O–H groups in total. The van der Waals surface area contributed by atoms with Crippen LogP contribution in [-0.4, -0.2) is 53.2 Å². The van der Waals surface area contributed by atoms with Crippen molar-refractivity contribution < 1.29 is 9.53 Å². The summed E-state index contributed by atoms with van der Waals surface area (Å²) in [6.45, 7) is 1.37. The van der Waals surface area contributed by atoms with Crippen LogP contribution >= 0.6 is 0 Å². The molecule has 1 aromatic heterocycles. The number of urea groups is 1. The van der Waals surface area contributed by atoms with Crippen LogP contribution in [0.3, 0.4) is 0 Å². The number of carbonyl (C=O) groups is 1. The number of fused-ring (bicyclic) bond motifs is 1. The highest BCUT2D eigenvalue weighted by Gasteiger charge is 2.49. The van der Waals surface area contributed by atoms with E-state index in [2.05, 4.69) is 21.8 Å². The normalized spacial score (nSPS) is 20.8. The van der Waals surface area contributed by atoms with E-state index in [-0.39, 0.29) is 18.1 Å². The van der Waals surface area contributed by atoms with Gasteiger partial charge >= 0.3 is 6.03 Å². The highest BCUT2D eigenvalue weighted by atomic mass is 16.5. The fraction of sp³-hybridized carbons (Fsp3) is 0.409. The molecule has 1 saturated carbocycles. The fourth-order valence-electron chi connectivity index (χ4n) is 4.06. The Kier molecular flexibility index (Phi) is 5.54. The fourth-order valence-corrected chi connectivity index (χ4v) is 4.06. The third-order valence-electron chi connectivity index (χ3n) is 5.35. The molecule has 0 unspecified atom stereocenters. The predicted molar refractivity (Wildman–Crippen MR) is 107 cm³/mol. The van der Waals surface area contributed by atoms with Crippen molar-refractivity contribution in [3.8, 4) is 11.8 Å². The van der Waals surface area contributed by atoms with Crippen LogP contribution in [0.15, 0.2) is 42.7 Å². The van der Waals surface area contributed by atoms with Crippen LogP contribution in [0.5, 0.6) is 0 Å². The van der Waals surface area contributed by atoms with Crippen LogP contribution in [-0.2, 0) is 4.74 Å². The smallest absolute Gasteiger partial charge is 0.327 e. The summed E-state index contributed by atoms with van der Waals surface area (Å²) in [6, 6.07) is 10.2. The first kappa shape index (κ1) is 18.5. The van der Waals surface area contributed by atoms with Gasteiger partial charge in [-0.15, -0.1) is 0 Å². The number of nitrogens with zero attached hydrogens (tertiary/aromatic N) is 4. The number of ether oxygens (including phenoxy) is 1. The second kappa shape index (κ2) is 8.41. The van der Waals surface area contributed by atoms with Crippen molar-refractivity contribution in [2.45, 2.75) is 37.8 Å². The molecule has 2 aromatic rings. The highest BCUT2D eigenvalue weighted by Crippen LogP contribution is 2.37. The zero-order chi connectivity index (χ0) is 19.3. The van der Waals surface area contributed by atoms with Crippen molar-refractivity contribution in [2.24, 2.45) is 0 Å². The predicted octanol–water partition coefficient (Wildman–Crippen LogP) is 3.08. The summed E-state index contributed by atoms with van der Waals surface area (Å²) in [6.07, 6.45) is 7.40. The molecule has 6 nitrogen and oxygen atoms in total. The van der Waals surface area contributed by atoms with Crippen LogP contribution in [0.4, 0.5) is 10.7 Å². The van der Waals surface area contributed by atoms with E-state index in [0.29, 0.717) is 19.1 Å². The Labute approximate surface area is 165 Å². The maximum Gasteiger partial charge on any atom is 0.327 e. The Morgan fingerprint density at radius 2 is 1.79 bits per heavy atom. The van der Waals surface area contributed by atoms with Gasteiger partial charge < -0.3 is 9.64 Å². The number of methoxy groups -OCH3 is 1. The Bertz CT molecular complexity index is 873. The number of rotatable bonds is 5. The van der Waals surface area contributed by atoms with Crippen molar-refractivity contribution in [3.63, 3.8) is 0 Å². The summed E-state index contributed by atoms with van der Waals surface area (Å²) < 4.78 is 5.14. The molecule has 1 aliphatic heterocycles. The summed E-state index contributed by atoms with van der Waals surface area (Å²) in [5.41, 5.74) is 1.68. The van der Waals surface area contributed by atoms with Gasteiger partial charge in [-0.25, -0.2) is 14.8 Å². The molecule has 1 saturated heterocycles. The van der Waals surface area contributed by atoms with E-state index in [9.17, 15) is 4.79 Å². The van der Waals surface area contributed by atoms with Gasteiger partial charge in [0.15, 0.2) is 0 Å². The maximum absolute atomic E-state index is 13.0. The lowest BCUT2D eigenvalue weighted by atomic mass is 10.1. The molecule has 0 spiro atoms. The molecular weight excluding hydrogens is 352 g/mol. The SMILES string of the molecule is COCCCN1C(=O)N(c2ncc(C#Cc3ccccc3)cn2)[C@@H]2CCC[C@@H]21. The van der Waals surface area contributed by atoms with E-state index in [4.69, 9.17) is 4.74 Å². The lowest BCUT2D eigenvalue weighted by Gasteiger charge is -2.21. The molecule has 1 aromatic carbocycles. The summed E-state index contributed by atoms with van der Waals surface area (Å²) in [4.78, 5) is 25.7. The molecule has 0 radical (unpaired) electrons. The van der Waals surface area contributed by atoms with E-state index in [0.717, 1.165) is 36.8 Å². The summed E-state index contributed by atoms with van der Waals surface area (Å²) >= 11 is 0. The average molecular weight is 376 g/mol. The maximum atomic E-state index is 13.0. The van der Waals surface area contributed by atoms with Gasteiger partial charge in [-0.3, -0.25) is 4.90 Å². The Balaban J connectivity index is 1.50. The minimum absolute atomic E-state index is 0.00826. The zero-order valence-corrected chi connectivity index (χ0v) is 16.0. The number of anilines is 1. The molecule has 2 aliphatic rings. The molecule has 0 bridgehead atoms. The van der Waals surface area contributed by atoms with Crippen molar-refractivity contribution >= 4 is 12.0 Å².